The third kappa shape index (κ3) is 3.36. The SMILES string of the molecule is CC1(C)[C@H](C=C(Cl)Cl)[C@@H]1C(=O)N1CCN(c2ccccc2)CC1. The van der Waals surface area contributed by atoms with Crippen LogP contribution < -0.4 is 4.90 Å². The van der Waals surface area contributed by atoms with E-state index in [0.717, 1.165) is 26.2 Å². The summed E-state index contributed by atoms with van der Waals surface area (Å²) in [6.07, 6.45) is 1.81. The van der Waals surface area contributed by atoms with Crippen molar-refractivity contribution < 1.29 is 4.79 Å². The van der Waals surface area contributed by atoms with Crippen molar-refractivity contribution in [1.82, 2.24) is 4.90 Å². The Morgan fingerprint density at radius 3 is 2.30 bits per heavy atom. The molecule has 1 aromatic carbocycles. The normalized spacial score (nSPS) is 25.9. The van der Waals surface area contributed by atoms with Crippen LogP contribution in [0.15, 0.2) is 40.9 Å². The van der Waals surface area contributed by atoms with Crippen LogP contribution in [0, 0.1) is 17.3 Å². The number of hydrogen-bond donors (Lipinski definition) is 0. The molecule has 23 heavy (non-hydrogen) atoms. The lowest BCUT2D eigenvalue weighted by atomic mass is 10.1. The van der Waals surface area contributed by atoms with Crippen molar-refractivity contribution in [3.05, 3.63) is 40.9 Å². The van der Waals surface area contributed by atoms with Crippen LogP contribution in [0.3, 0.4) is 0 Å². The molecule has 5 heteroatoms. The minimum Gasteiger partial charge on any atom is -0.368 e. The van der Waals surface area contributed by atoms with E-state index in [2.05, 4.69) is 30.9 Å². The molecule has 2 aliphatic rings. The van der Waals surface area contributed by atoms with Gasteiger partial charge in [-0.2, -0.15) is 0 Å². The lowest BCUT2D eigenvalue weighted by Gasteiger charge is -2.36. The standard InChI is InChI=1S/C18H22Cl2N2O/c1-18(2)14(12-15(19)20)16(18)17(23)22-10-8-21(9-11-22)13-6-4-3-5-7-13/h3-7,12,14,16H,8-11H2,1-2H3/t14-,16-/m1/s1. The molecule has 0 aromatic heterocycles. The molecule has 124 valence electrons. The number of allylic oxidation sites excluding steroid dienone is 1. The van der Waals surface area contributed by atoms with E-state index in [9.17, 15) is 4.79 Å². The molecule has 3 nitrogen and oxygen atoms in total. The van der Waals surface area contributed by atoms with E-state index in [1.807, 2.05) is 29.2 Å². The van der Waals surface area contributed by atoms with Crippen molar-refractivity contribution in [2.75, 3.05) is 31.1 Å². The van der Waals surface area contributed by atoms with E-state index in [1.165, 1.54) is 5.69 Å². The molecule has 0 spiro atoms. The third-order valence-electron chi connectivity index (χ3n) is 5.19. The maximum atomic E-state index is 12.8. The molecule has 2 fully saturated rings. The number of carbonyl (C=O) groups excluding carboxylic acids is 1. The number of piperazine rings is 1. The third-order valence-corrected chi connectivity index (χ3v) is 5.45. The van der Waals surface area contributed by atoms with Gasteiger partial charge in [0.25, 0.3) is 0 Å². The quantitative estimate of drug-likeness (QED) is 0.822. The summed E-state index contributed by atoms with van der Waals surface area (Å²) in [7, 11) is 0. The number of anilines is 1. The van der Waals surface area contributed by atoms with Crippen molar-refractivity contribution in [3.8, 4) is 0 Å². The Morgan fingerprint density at radius 2 is 1.74 bits per heavy atom. The maximum absolute atomic E-state index is 12.8. The molecule has 2 atom stereocenters. The van der Waals surface area contributed by atoms with Crippen molar-refractivity contribution >= 4 is 34.8 Å². The number of amides is 1. The first-order valence-electron chi connectivity index (χ1n) is 8.03. The summed E-state index contributed by atoms with van der Waals surface area (Å²) >= 11 is 11.6. The first-order valence-corrected chi connectivity index (χ1v) is 8.78. The fraction of sp³-hybridized carbons (Fsp3) is 0.500. The van der Waals surface area contributed by atoms with E-state index in [0.29, 0.717) is 0 Å². The summed E-state index contributed by atoms with van der Waals surface area (Å²) in [5.41, 5.74) is 1.17. The molecule has 0 radical (unpaired) electrons. The molecule has 0 N–H and O–H groups in total. The van der Waals surface area contributed by atoms with Crippen LogP contribution in [0.1, 0.15) is 13.8 Å². The van der Waals surface area contributed by atoms with Crippen LogP contribution in [0.25, 0.3) is 0 Å². The zero-order valence-corrected chi connectivity index (χ0v) is 15.0. The van der Waals surface area contributed by atoms with Crippen molar-refractivity contribution in [2.24, 2.45) is 17.3 Å². The first kappa shape index (κ1) is 16.7. The van der Waals surface area contributed by atoms with Crippen LogP contribution >= 0.6 is 23.2 Å². The molecule has 1 aromatic rings. The minimum atomic E-state index is -0.0529. The largest absolute Gasteiger partial charge is 0.368 e. The number of para-hydroxylation sites is 1. The van der Waals surface area contributed by atoms with Crippen LogP contribution in [-0.4, -0.2) is 37.0 Å². The Balaban J connectivity index is 1.60. The summed E-state index contributed by atoms with van der Waals surface area (Å²) in [6, 6.07) is 10.3. The highest BCUT2D eigenvalue weighted by Gasteiger charge is 2.61. The van der Waals surface area contributed by atoms with Crippen molar-refractivity contribution in [2.45, 2.75) is 13.8 Å². The smallest absolute Gasteiger partial charge is 0.226 e. The molecule has 1 aliphatic heterocycles. The van der Waals surface area contributed by atoms with E-state index >= 15 is 0 Å². The summed E-state index contributed by atoms with van der Waals surface area (Å²) in [5.74, 6) is 0.379. The maximum Gasteiger partial charge on any atom is 0.226 e. The van der Waals surface area contributed by atoms with Crippen LogP contribution in [0.4, 0.5) is 5.69 Å². The fourth-order valence-electron chi connectivity index (χ4n) is 3.62. The van der Waals surface area contributed by atoms with E-state index in [4.69, 9.17) is 23.2 Å². The van der Waals surface area contributed by atoms with Gasteiger partial charge in [-0.15, -0.1) is 0 Å². The van der Waals surface area contributed by atoms with E-state index < -0.39 is 0 Å². The Labute approximate surface area is 147 Å². The first-order chi connectivity index (χ1) is 10.9. The lowest BCUT2D eigenvalue weighted by molar-refractivity contribution is -0.133. The summed E-state index contributed by atoms with van der Waals surface area (Å²) < 4.78 is 0.257. The molecular weight excluding hydrogens is 331 g/mol. The molecule has 0 unspecified atom stereocenters. The monoisotopic (exact) mass is 352 g/mol. The molecule has 3 rings (SSSR count). The summed E-state index contributed by atoms with van der Waals surface area (Å²) in [4.78, 5) is 17.1. The Morgan fingerprint density at radius 1 is 1.13 bits per heavy atom. The van der Waals surface area contributed by atoms with Crippen LogP contribution in [0.5, 0.6) is 0 Å². The number of halogens is 2. The Bertz CT molecular complexity index is 603. The van der Waals surface area contributed by atoms with Gasteiger partial charge in [0.2, 0.25) is 5.91 Å². The van der Waals surface area contributed by atoms with Crippen molar-refractivity contribution in [3.63, 3.8) is 0 Å². The molecule has 1 saturated heterocycles. The number of carbonyl (C=O) groups is 1. The van der Waals surface area contributed by atoms with Gasteiger partial charge >= 0.3 is 0 Å². The topological polar surface area (TPSA) is 23.6 Å². The molecule has 1 saturated carbocycles. The summed E-state index contributed by atoms with van der Waals surface area (Å²) in [5, 5.41) is 0. The fourth-order valence-corrected chi connectivity index (χ4v) is 3.89. The predicted octanol–water partition coefficient (Wildman–Crippen LogP) is 3.93. The highest BCUT2D eigenvalue weighted by atomic mass is 35.5. The van der Waals surface area contributed by atoms with Gasteiger partial charge in [-0.25, -0.2) is 0 Å². The second-order valence-corrected chi connectivity index (χ2v) is 7.94. The lowest BCUT2D eigenvalue weighted by Crippen LogP contribution is -2.49. The van der Waals surface area contributed by atoms with Gasteiger partial charge in [0, 0.05) is 31.9 Å². The Hall–Kier alpha value is -1.19. The van der Waals surface area contributed by atoms with Gasteiger partial charge in [0.05, 0.1) is 5.92 Å². The van der Waals surface area contributed by atoms with Crippen LogP contribution in [-0.2, 0) is 4.79 Å². The van der Waals surface area contributed by atoms with Gasteiger partial charge in [0.15, 0.2) is 0 Å². The molecule has 1 amide bonds. The van der Waals surface area contributed by atoms with Gasteiger partial charge < -0.3 is 9.80 Å². The highest BCUT2D eigenvalue weighted by molar-refractivity contribution is 6.55. The van der Waals surface area contributed by atoms with Gasteiger partial charge in [0.1, 0.15) is 4.49 Å². The zero-order valence-electron chi connectivity index (χ0n) is 13.5. The second kappa shape index (κ2) is 6.37. The number of benzene rings is 1. The van der Waals surface area contributed by atoms with Gasteiger partial charge in [-0.3, -0.25) is 4.79 Å². The van der Waals surface area contributed by atoms with Crippen LogP contribution in [0.2, 0.25) is 0 Å². The van der Waals surface area contributed by atoms with Gasteiger partial charge in [-0.05, 0) is 29.5 Å². The summed E-state index contributed by atoms with van der Waals surface area (Å²) in [6.45, 7) is 7.50. The van der Waals surface area contributed by atoms with E-state index in [1.54, 1.807) is 0 Å². The molecule has 1 heterocycles. The molecule has 1 aliphatic carbocycles. The number of nitrogens with zero attached hydrogens (tertiary/aromatic N) is 2. The minimum absolute atomic E-state index is 0.00160. The number of rotatable bonds is 3. The average molecular weight is 353 g/mol. The van der Waals surface area contributed by atoms with Crippen molar-refractivity contribution in [1.29, 1.82) is 0 Å². The molecular formula is C18H22Cl2N2O. The zero-order chi connectivity index (χ0) is 16.6. The second-order valence-electron chi connectivity index (χ2n) is 6.93. The predicted molar refractivity (Wildman–Crippen MR) is 95.8 cm³/mol. The highest BCUT2D eigenvalue weighted by Crippen LogP contribution is 2.60. The van der Waals surface area contributed by atoms with Gasteiger partial charge in [-0.1, -0.05) is 55.2 Å². The van der Waals surface area contributed by atoms with E-state index in [-0.39, 0.29) is 27.6 Å². The molecule has 0 bridgehead atoms. The Kier molecular flexibility index (Phi) is 4.61. The number of hydrogen-bond acceptors (Lipinski definition) is 2. The average Bonchev–Trinajstić information content (AvgIpc) is 3.07.